The normalized spacial score (nSPS) is 10.5. The maximum absolute atomic E-state index is 12.7. The van der Waals surface area contributed by atoms with Crippen LogP contribution in [0, 0.1) is 6.92 Å². The number of amides is 2. The SMILES string of the molecule is Cc1ccc(C(=O)Nc2nc(-c3cccs3)cs2)cc1NC(=O)c1ccccc1. The van der Waals surface area contributed by atoms with E-state index < -0.39 is 0 Å². The van der Waals surface area contributed by atoms with Crippen LogP contribution >= 0.6 is 22.7 Å². The lowest BCUT2D eigenvalue weighted by molar-refractivity contribution is 0.101. The summed E-state index contributed by atoms with van der Waals surface area (Å²) in [6, 6.07) is 18.2. The third-order valence-corrected chi connectivity index (χ3v) is 5.93. The van der Waals surface area contributed by atoms with Gasteiger partial charge in [-0.05, 0) is 48.2 Å². The van der Waals surface area contributed by atoms with Gasteiger partial charge in [0, 0.05) is 22.2 Å². The molecule has 0 aliphatic carbocycles. The quantitative estimate of drug-likeness (QED) is 0.437. The molecule has 0 aliphatic heterocycles. The van der Waals surface area contributed by atoms with Gasteiger partial charge in [-0.15, -0.1) is 22.7 Å². The predicted molar refractivity (Wildman–Crippen MR) is 119 cm³/mol. The Labute approximate surface area is 176 Å². The molecule has 4 rings (SSSR count). The van der Waals surface area contributed by atoms with Crippen molar-refractivity contribution in [2.24, 2.45) is 0 Å². The second-order valence-electron chi connectivity index (χ2n) is 6.32. The summed E-state index contributed by atoms with van der Waals surface area (Å²) < 4.78 is 0. The number of carbonyl (C=O) groups is 2. The maximum Gasteiger partial charge on any atom is 0.257 e. The largest absolute Gasteiger partial charge is 0.322 e. The first-order valence-corrected chi connectivity index (χ1v) is 10.6. The first-order chi connectivity index (χ1) is 14.1. The van der Waals surface area contributed by atoms with E-state index in [0.717, 1.165) is 16.1 Å². The number of aryl methyl sites for hydroxylation is 1. The summed E-state index contributed by atoms with van der Waals surface area (Å²) in [4.78, 5) is 30.6. The van der Waals surface area contributed by atoms with Crippen LogP contribution < -0.4 is 10.6 Å². The summed E-state index contributed by atoms with van der Waals surface area (Å²) in [5, 5.41) is 10.2. The standard InChI is InChI=1S/C22H17N3O2S2/c1-14-9-10-16(12-17(14)23-20(26)15-6-3-2-4-7-15)21(27)25-22-24-18(13-29-22)19-8-5-11-28-19/h2-13H,1H3,(H,23,26)(H,24,25,27). The average Bonchev–Trinajstić information content (AvgIpc) is 3.42. The van der Waals surface area contributed by atoms with Crippen LogP contribution in [0.15, 0.2) is 71.4 Å². The summed E-state index contributed by atoms with van der Waals surface area (Å²) in [6.07, 6.45) is 0. The van der Waals surface area contributed by atoms with Gasteiger partial charge in [0.05, 0.1) is 10.6 Å². The Balaban J connectivity index is 1.49. The number of aromatic nitrogens is 1. The van der Waals surface area contributed by atoms with Crippen LogP contribution in [0.5, 0.6) is 0 Å². The Kier molecular flexibility index (Phi) is 5.50. The zero-order chi connectivity index (χ0) is 20.2. The highest BCUT2D eigenvalue weighted by atomic mass is 32.1. The van der Waals surface area contributed by atoms with Crippen molar-refractivity contribution in [1.82, 2.24) is 4.98 Å². The minimum absolute atomic E-state index is 0.216. The Morgan fingerprint density at radius 2 is 1.66 bits per heavy atom. The fourth-order valence-corrected chi connectivity index (χ4v) is 4.19. The molecule has 5 nitrogen and oxygen atoms in total. The molecular formula is C22H17N3O2S2. The van der Waals surface area contributed by atoms with Crippen molar-refractivity contribution in [3.05, 3.63) is 88.1 Å². The minimum atomic E-state index is -0.271. The number of rotatable bonds is 5. The highest BCUT2D eigenvalue weighted by Gasteiger charge is 2.13. The Bertz CT molecular complexity index is 1150. The first-order valence-electron chi connectivity index (χ1n) is 8.88. The molecule has 0 bridgehead atoms. The molecule has 144 valence electrons. The number of thiazole rings is 1. The van der Waals surface area contributed by atoms with Gasteiger partial charge < -0.3 is 5.32 Å². The van der Waals surface area contributed by atoms with Gasteiger partial charge in [-0.3, -0.25) is 14.9 Å². The van der Waals surface area contributed by atoms with Gasteiger partial charge in [-0.1, -0.05) is 30.3 Å². The first kappa shape index (κ1) is 19.0. The van der Waals surface area contributed by atoms with Crippen molar-refractivity contribution < 1.29 is 9.59 Å². The topological polar surface area (TPSA) is 71.1 Å². The molecule has 2 amide bonds. The molecule has 7 heteroatoms. The number of hydrogen-bond donors (Lipinski definition) is 2. The lowest BCUT2D eigenvalue weighted by Gasteiger charge is -2.10. The molecular weight excluding hydrogens is 402 g/mol. The Morgan fingerprint density at radius 3 is 2.41 bits per heavy atom. The monoisotopic (exact) mass is 419 g/mol. The van der Waals surface area contributed by atoms with E-state index in [1.165, 1.54) is 11.3 Å². The van der Waals surface area contributed by atoms with Crippen LogP contribution in [0.2, 0.25) is 0 Å². The van der Waals surface area contributed by atoms with E-state index in [0.29, 0.717) is 21.9 Å². The van der Waals surface area contributed by atoms with E-state index in [1.807, 2.05) is 54.1 Å². The van der Waals surface area contributed by atoms with E-state index in [2.05, 4.69) is 15.6 Å². The smallest absolute Gasteiger partial charge is 0.257 e. The number of carbonyl (C=O) groups excluding carboxylic acids is 2. The van der Waals surface area contributed by atoms with Crippen molar-refractivity contribution >= 4 is 45.3 Å². The second-order valence-corrected chi connectivity index (χ2v) is 8.12. The number of thiophene rings is 1. The van der Waals surface area contributed by atoms with Crippen LogP contribution in [0.25, 0.3) is 10.6 Å². The molecule has 4 aromatic rings. The minimum Gasteiger partial charge on any atom is -0.322 e. The second kappa shape index (κ2) is 8.38. The van der Waals surface area contributed by atoms with Gasteiger partial charge in [0.15, 0.2) is 5.13 Å². The summed E-state index contributed by atoms with van der Waals surface area (Å²) in [5.74, 6) is -0.487. The van der Waals surface area contributed by atoms with E-state index >= 15 is 0 Å². The van der Waals surface area contributed by atoms with Crippen molar-refractivity contribution in [2.45, 2.75) is 6.92 Å². The summed E-state index contributed by atoms with van der Waals surface area (Å²) in [6.45, 7) is 1.89. The van der Waals surface area contributed by atoms with Gasteiger partial charge in [0.1, 0.15) is 0 Å². The molecule has 0 unspecified atom stereocenters. The maximum atomic E-state index is 12.7. The van der Waals surface area contributed by atoms with Crippen LogP contribution in [0.3, 0.4) is 0 Å². The van der Waals surface area contributed by atoms with Crippen molar-refractivity contribution in [3.63, 3.8) is 0 Å². The molecule has 29 heavy (non-hydrogen) atoms. The molecule has 0 atom stereocenters. The summed E-state index contributed by atoms with van der Waals surface area (Å²) in [7, 11) is 0. The molecule has 2 heterocycles. The van der Waals surface area contributed by atoms with E-state index in [9.17, 15) is 9.59 Å². The van der Waals surface area contributed by atoms with Gasteiger partial charge in [-0.2, -0.15) is 0 Å². The molecule has 0 fully saturated rings. The molecule has 0 saturated heterocycles. The van der Waals surface area contributed by atoms with Crippen LogP contribution in [-0.2, 0) is 0 Å². The number of benzene rings is 2. The number of anilines is 2. The third kappa shape index (κ3) is 4.42. The van der Waals surface area contributed by atoms with Gasteiger partial charge in [0.25, 0.3) is 11.8 Å². The number of nitrogens with zero attached hydrogens (tertiary/aromatic N) is 1. The molecule has 2 aromatic carbocycles. The number of nitrogens with one attached hydrogen (secondary N) is 2. The Morgan fingerprint density at radius 1 is 0.862 bits per heavy atom. The summed E-state index contributed by atoms with van der Waals surface area (Å²) >= 11 is 2.98. The lowest BCUT2D eigenvalue weighted by Crippen LogP contribution is -2.15. The van der Waals surface area contributed by atoms with Crippen LogP contribution in [-0.4, -0.2) is 16.8 Å². The third-order valence-electron chi connectivity index (χ3n) is 4.28. The molecule has 0 radical (unpaired) electrons. The summed E-state index contributed by atoms with van der Waals surface area (Å²) in [5.41, 5.74) is 3.34. The fraction of sp³-hybridized carbons (Fsp3) is 0.0455. The molecule has 0 aliphatic rings. The Hall–Kier alpha value is -3.29. The fourth-order valence-electron chi connectivity index (χ4n) is 2.72. The zero-order valence-electron chi connectivity index (χ0n) is 15.5. The van der Waals surface area contributed by atoms with Gasteiger partial charge in [-0.25, -0.2) is 4.98 Å². The van der Waals surface area contributed by atoms with Crippen molar-refractivity contribution in [3.8, 4) is 10.6 Å². The molecule has 2 aromatic heterocycles. The van der Waals surface area contributed by atoms with Gasteiger partial charge in [0.2, 0.25) is 0 Å². The molecule has 0 spiro atoms. The van der Waals surface area contributed by atoms with E-state index in [-0.39, 0.29) is 11.8 Å². The number of hydrogen-bond acceptors (Lipinski definition) is 5. The van der Waals surface area contributed by atoms with E-state index in [1.54, 1.807) is 35.6 Å². The van der Waals surface area contributed by atoms with E-state index in [4.69, 9.17) is 0 Å². The lowest BCUT2D eigenvalue weighted by atomic mass is 10.1. The predicted octanol–water partition coefficient (Wildman–Crippen LogP) is 5.68. The highest BCUT2D eigenvalue weighted by Crippen LogP contribution is 2.28. The van der Waals surface area contributed by atoms with Crippen LogP contribution in [0.1, 0.15) is 26.3 Å². The average molecular weight is 420 g/mol. The zero-order valence-corrected chi connectivity index (χ0v) is 17.1. The van der Waals surface area contributed by atoms with Gasteiger partial charge >= 0.3 is 0 Å². The molecule has 0 saturated carbocycles. The highest BCUT2D eigenvalue weighted by molar-refractivity contribution is 7.16. The van der Waals surface area contributed by atoms with Crippen molar-refractivity contribution in [2.75, 3.05) is 10.6 Å². The van der Waals surface area contributed by atoms with Crippen LogP contribution in [0.4, 0.5) is 10.8 Å². The molecule has 2 N–H and O–H groups in total. The van der Waals surface area contributed by atoms with Crippen molar-refractivity contribution in [1.29, 1.82) is 0 Å².